The highest BCUT2D eigenvalue weighted by molar-refractivity contribution is 9.10. The Morgan fingerprint density at radius 2 is 2.33 bits per heavy atom. The van der Waals surface area contributed by atoms with Crippen LogP contribution < -0.4 is 5.73 Å². The standard InChI is InChI=1S/C10H9BrN2O2/c1-15-10(14)9-7(5-13)6(4-12)2-3-8(9)11/h2-3H,5,13H2,1H3. The molecule has 2 N–H and O–H groups in total. The predicted octanol–water partition coefficient (Wildman–Crippen LogP) is 1.57. The fourth-order valence-electron chi connectivity index (χ4n) is 1.26. The zero-order valence-electron chi connectivity index (χ0n) is 8.08. The van der Waals surface area contributed by atoms with Crippen molar-refractivity contribution >= 4 is 21.9 Å². The highest BCUT2D eigenvalue weighted by atomic mass is 79.9. The number of rotatable bonds is 2. The Morgan fingerprint density at radius 3 is 2.80 bits per heavy atom. The normalized spacial score (nSPS) is 9.47. The van der Waals surface area contributed by atoms with Crippen LogP contribution in [-0.2, 0) is 11.3 Å². The Labute approximate surface area is 95.8 Å². The van der Waals surface area contributed by atoms with Crippen LogP contribution in [0.4, 0.5) is 0 Å². The molecule has 0 fully saturated rings. The van der Waals surface area contributed by atoms with Gasteiger partial charge in [-0.2, -0.15) is 5.26 Å². The molecule has 15 heavy (non-hydrogen) atoms. The third-order valence-electron chi connectivity index (χ3n) is 1.98. The second-order valence-electron chi connectivity index (χ2n) is 2.76. The number of hydrogen-bond acceptors (Lipinski definition) is 4. The Bertz CT molecular complexity index is 438. The fourth-order valence-corrected chi connectivity index (χ4v) is 1.79. The summed E-state index contributed by atoms with van der Waals surface area (Å²) >= 11 is 3.23. The van der Waals surface area contributed by atoms with Crippen molar-refractivity contribution in [2.24, 2.45) is 5.73 Å². The number of nitrogens with two attached hydrogens (primary N) is 1. The van der Waals surface area contributed by atoms with Crippen molar-refractivity contribution in [2.75, 3.05) is 7.11 Å². The maximum atomic E-state index is 11.5. The van der Waals surface area contributed by atoms with Gasteiger partial charge in [-0.15, -0.1) is 0 Å². The first-order chi connectivity index (χ1) is 7.15. The van der Waals surface area contributed by atoms with Crippen molar-refractivity contribution in [3.05, 3.63) is 33.3 Å². The summed E-state index contributed by atoms with van der Waals surface area (Å²) in [6.07, 6.45) is 0. The molecule has 0 spiro atoms. The molecule has 0 radical (unpaired) electrons. The number of esters is 1. The van der Waals surface area contributed by atoms with E-state index in [2.05, 4.69) is 20.7 Å². The van der Waals surface area contributed by atoms with E-state index >= 15 is 0 Å². The molecule has 0 amide bonds. The highest BCUT2D eigenvalue weighted by Crippen LogP contribution is 2.24. The molecule has 0 aromatic heterocycles. The van der Waals surface area contributed by atoms with Crippen molar-refractivity contribution < 1.29 is 9.53 Å². The molecule has 4 nitrogen and oxygen atoms in total. The van der Waals surface area contributed by atoms with Gasteiger partial charge in [0, 0.05) is 11.0 Å². The van der Waals surface area contributed by atoms with E-state index in [1.54, 1.807) is 12.1 Å². The second-order valence-corrected chi connectivity index (χ2v) is 3.61. The molecule has 0 aliphatic heterocycles. The summed E-state index contributed by atoms with van der Waals surface area (Å²) in [6.45, 7) is 0.118. The molecule has 0 saturated carbocycles. The topological polar surface area (TPSA) is 76.1 Å². The van der Waals surface area contributed by atoms with Crippen LogP contribution in [0.3, 0.4) is 0 Å². The molecule has 1 aromatic rings. The summed E-state index contributed by atoms with van der Waals surface area (Å²) in [6, 6.07) is 5.22. The third-order valence-corrected chi connectivity index (χ3v) is 2.64. The fraction of sp³-hybridized carbons (Fsp3) is 0.200. The zero-order valence-corrected chi connectivity index (χ0v) is 9.67. The summed E-state index contributed by atoms with van der Waals surface area (Å²) in [7, 11) is 1.29. The van der Waals surface area contributed by atoms with Gasteiger partial charge < -0.3 is 10.5 Å². The number of carbonyl (C=O) groups excluding carboxylic acids is 1. The van der Waals surface area contributed by atoms with E-state index in [9.17, 15) is 4.79 Å². The molecular formula is C10H9BrN2O2. The molecule has 1 rings (SSSR count). The van der Waals surface area contributed by atoms with Gasteiger partial charge in [0.25, 0.3) is 0 Å². The van der Waals surface area contributed by atoms with Gasteiger partial charge in [-0.25, -0.2) is 4.79 Å². The number of nitriles is 1. The van der Waals surface area contributed by atoms with Gasteiger partial charge in [0.1, 0.15) is 0 Å². The van der Waals surface area contributed by atoms with E-state index in [1.807, 2.05) is 6.07 Å². The maximum Gasteiger partial charge on any atom is 0.339 e. The molecule has 0 saturated heterocycles. The first-order valence-electron chi connectivity index (χ1n) is 4.15. The minimum atomic E-state index is -0.501. The summed E-state index contributed by atoms with van der Waals surface area (Å²) in [5.74, 6) is -0.501. The summed E-state index contributed by atoms with van der Waals surface area (Å²) in [5, 5.41) is 8.85. The number of hydrogen-bond donors (Lipinski definition) is 1. The van der Waals surface area contributed by atoms with Crippen LogP contribution >= 0.6 is 15.9 Å². The lowest BCUT2D eigenvalue weighted by Crippen LogP contribution is -2.11. The molecular weight excluding hydrogens is 260 g/mol. The van der Waals surface area contributed by atoms with Crippen molar-refractivity contribution in [1.29, 1.82) is 5.26 Å². The molecule has 5 heteroatoms. The van der Waals surface area contributed by atoms with Crippen LogP contribution in [0.1, 0.15) is 21.5 Å². The Balaban J connectivity index is 3.47. The van der Waals surface area contributed by atoms with Crippen LogP contribution in [0.15, 0.2) is 16.6 Å². The minimum absolute atomic E-state index is 0.118. The zero-order chi connectivity index (χ0) is 11.4. The number of ether oxygens (including phenoxy) is 1. The highest BCUT2D eigenvalue weighted by Gasteiger charge is 2.17. The number of nitrogens with zero attached hydrogens (tertiary/aromatic N) is 1. The van der Waals surface area contributed by atoms with Gasteiger partial charge in [0.15, 0.2) is 0 Å². The van der Waals surface area contributed by atoms with Gasteiger partial charge in [-0.1, -0.05) is 0 Å². The van der Waals surface area contributed by atoms with Gasteiger partial charge in [-0.05, 0) is 33.6 Å². The molecule has 0 aliphatic carbocycles. The van der Waals surface area contributed by atoms with Crippen LogP contribution in [0.2, 0.25) is 0 Å². The smallest absolute Gasteiger partial charge is 0.339 e. The third kappa shape index (κ3) is 2.17. The van der Waals surface area contributed by atoms with E-state index in [0.717, 1.165) is 0 Å². The van der Waals surface area contributed by atoms with Gasteiger partial charge in [0.05, 0.1) is 24.3 Å². The number of benzene rings is 1. The molecule has 0 unspecified atom stereocenters. The quantitative estimate of drug-likeness (QED) is 0.827. The molecule has 0 atom stereocenters. The number of halogens is 1. The van der Waals surface area contributed by atoms with Crippen molar-refractivity contribution in [2.45, 2.75) is 6.54 Å². The van der Waals surface area contributed by atoms with Crippen LogP contribution in [0.25, 0.3) is 0 Å². The predicted molar refractivity (Wildman–Crippen MR) is 58.1 cm³/mol. The largest absolute Gasteiger partial charge is 0.465 e. The lowest BCUT2D eigenvalue weighted by Gasteiger charge is -2.09. The maximum absolute atomic E-state index is 11.5. The monoisotopic (exact) mass is 268 g/mol. The molecule has 78 valence electrons. The molecule has 0 bridgehead atoms. The minimum Gasteiger partial charge on any atom is -0.465 e. The first kappa shape index (κ1) is 11.7. The number of carbonyl (C=O) groups is 1. The molecule has 1 aromatic carbocycles. The Kier molecular flexibility index (Phi) is 3.83. The second kappa shape index (κ2) is 4.91. The first-order valence-corrected chi connectivity index (χ1v) is 4.94. The summed E-state index contributed by atoms with van der Waals surface area (Å²) < 4.78 is 5.20. The average molecular weight is 269 g/mol. The van der Waals surface area contributed by atoms with Crippen LogP contribution in [0, 0.1) is 11.3 Å². The summed E-state index contributed by atoms with van der Waals surface area (Å²) in [5.41, 5.74) is 6.72. The molecule has 0 heterocycles. The van der Waals surface area contributed by atoms with Gasteiger partial charge >= 0.3 is 5.97 Å². The van der Waals surface area contributed by atoms with E-state index in [1.165, 1.54) is 7.11 Å². The Hall–Kier alpha value is -1.38. The van der Waals surface area contributed by atoms with Gasteiger partial charge in [0.2, 0.25) is 0 Å². The van der Waals surface area contributed by atoms with Crippen molar-refractivity contribution in [3.8, 4) is 6.07 Å². The van der Waals surface area contributed by atoms with Crippen LogP contribution in [0.5, 0.6) is 0 Å². The SMILES string of the molecule is COC(=O)c1c(Br)ccc(C#N)c1CN. The van der Waals surface area contributed by atoms with E-state index < -0.39 is 5.97 Å². The lowest BCUT2D eigenvalue weighted by atomic mass is 10.0. The lowest BCUT2D eigenvalue weighted by molar-refractivity contribution is 0.0598. The van der Waals surface area contributed by atoms with E-state index in [4.69, 9.17) is 11.0 Å². The van der Waals surface area contributed by atoms with Crippen molar-refractivity contribution in [3.63, 3.8) is 0 Å². The number of methoxy groups -OCH3 is 1. The van der Waals surface area contributed by atoms with E-state index in [0.29, 0.717) is 21.2 Å². The average Bonchev–Trinajstić information content (AvgIpc) is 2.27. The van der Waals surface area contributed by atoms with Crippen molar-refractivity contribution in [1.82, 2.24) is 0 Å². The van der Waals surface area contributed by atoms with E-state index in [-0.39, 0.29) is 6.54 Å². The Morgan fingerprint density at radius 1 is 1.67 bits per heavy atom. The summed E-state index contributed by atoms with van der Waals surface area (Å²) in [4.78, 5) is 11.5. The van der Waals surface area contributed by atoms with Crippen LogP contribution in [-0.4, -0.2) is 13.1 Å². The van der Waals surface area contributed by atoms with Gasteiger partial charge in [-0.3, -0.25) is 0 Å². The molecule has 0 aliphatic rings.